The molecule has 25 heavy (non-hydrogen) atoms. The smallest absolute Gasteiger partial charge is 0.257 e. The highest BCUT2D eigenvalue weighted by molar-refractivity contribution is 5.98. The Morgan fingerprint density at radius 3 is 2.88 bits per heavy atom. The highest BCUT2D eigenvalue weighted by atomic mass is 16.5. The number of hydrogen-bond donors (Lipinski definition) is 1. The van der Waals surface area contributed by atoms with Crippen LogP contribution in [0.5, 0.6) is 11.5 Å². The molecule has 1 aromatic carbocycles. The maximum atomic E-state index is 13.1. The fraction of sp³-hybridized carbons (Fsp3) is 0.550. The van der Waals surface area contributed by atoms with E-state index in [9.17, 15) is 4.79 Å². The Morgan fingerprint density at radius 1 is 1.32 bits per heavy atom. The number of allylic oxidation sites excluding steroid dienone is 2. The number of nitrogens with two attached hydrogens (primary N) is 1. The predicted molar refractivity (Wildman–Crippen MR) is 98.0 cm³/mol. The Kier molecular flexibility index (Phi) is 5.63. The normalized spacial score (nSPS) is 22.4. The minimum absolute atomic E-state index is 0.0358. The van der Waals surface area contributed by atoms with Crippen LogP contribution >= 0.6 is 0 Å². The number of fused-ring (bicyclic) bond motifs is 1. The van der Waals surface area contributed by atoms with Crippen LogP contribution < -0.4 is 15.2 Å². The number of hydrogen-bond acceptors (Lipinski definition) is 4. The number of rotatable bonds is 6. The van der Waals surface area contributed by atoms with E-state index in [1.165, 1.54) is 5.57 Å². The summed E-state index contributed by atoms with van der Waals surface area (Å²) in [6.45, 7) is 4.87. The second-order valence-corrected chi connectivity index (χ2v) is 7.05. The Hall–Kier alpha value is -2.01. The molecule has 1 heterocycles. The zero-order valence-electron chi connectivity index (χ0n) is 15.2. The largest absolute Gasteiger partial charge is 0.493 e. The average Bonchev–Trinajstić information content (AvgIpc) is 3.04. The minimum Gasteiger partial charge on any atom is -0.493 e. The third kappa shape index (κ3) is 3.82. The minimum atomic E-state index is 0.0358. The second-order valence-electron chi connectivity index (χ2n) is 7.05. The number of ether oxygens (including phenoxy) is 2. The summed E-state index contributed by atoms with van der Waals surface area (Å²) in [7, 11) is 1.60. The van der Waals surface area contributed by atoms with Crippen molar-refractivity contribution in [3.05, 3.63) is 35.4 Å². The molecular weight excluding hydrogens is 316 g/mol. The van der Waals surface area contributed by atoms with Gasteiger partial charge in [-0.25, -0.2) is 0 Å². The Balaban J connectivity index is 1.78. The molecule has 0 saturated carbocycles. The molecule has 0 spiro atoms. The SMILES string of the molecule is COc1cccc(C(=O)N2C[C@H]3CC=C(C)C[C@H]3C2)c1OCCCN. The van der Waals surface area contributed by atoms with E-state index in [1.807, 2.05) is 23.1 Å². The molecule has 2 N–H and O–H groups in total. The van der Waals surface area contributed by atoms with E-state index in [1.54, 1.807) is 7.11 Å². The van der Waals surface area contributed by atoms with Gasteiger partial charge in [0.1, 0.15) is 0 Å². The van der Waals surface area contributed by atoms with E-state index in [-0.39, 0.29) is 5.91 Å². The first-order valence-electron chi connectivity index (χ1n) is 9.08. The van der Waals surface area contributed by atoms with E-state index >= 15 is 0 Å². The number of carbonyl (C=O) groups excluding carboxylic acids is 1. The van der Waals surface area contributed by atoms with Gasteiger partial charge in [-0.15, -0.1) is 0 Å². The van der Waals surface area contributed by atoms with Gasteiger partial charge in [-0.05, 0) is 56.7 Å². The van der Waals surface area contributed by atoms with Crippen molar-refractivity contribution in [2.45, 2.75) is 26.2 Å². The molecule has 3 rings (SSSR count). The topological polar surface area (TPSA) is 64.8 Å². The van der Waals surface area contributed by atoms with E-state index in [0.717, 1.165) is 32.4 Å². The molecule has 2 aliphatic rings. The number of benzene rings is 1. The molecule has 2 atom stereocenters. The van der Waals surface area contributed by atoms with Crippen molar-refractivity contribution in [1.29, 1.82) is 0 Å². The van der Waals surface area contributed by atoms with Crippen molar-refractivity contribution in [2.24, 2.45) is 17.6 Å². The third-order valence-electron chi connectivity index (χ3n) is 5.24. The van der Waals surface area contributed by atoms with Gasteiger partial charge < -0.3 is 20.1 Å². The summed E-state index contributed by atoms with van der Waals surface area (Å²) < 4.78 is 11.3. The van der Waals surface area contributed by atoms with Crippen LogP contribution in [-0.4, -0.2) is 44.2 Å². The molecule has 0 radical (unpaired) electrons. The summed E-state index contributed by atoms with van der Waals surface area (Å²) in [6, 6.07) is 5.50. The first-order chi connectivity index (χ1) is 12.1. The number of para-hydroxylation sites is 1. The van der Waals surface area contributed by atoms with Gasteiger partial charge in [0.25, 0.3) is 5.91 Å². The molecule has 1 fully saturated rings. The van der Waals surface area contributed by atoms with Crippen LogP contribution in [0.4, 0.5) is 0 Å². The fourth-order valence-corrected chi connectivity index (χ4v) is 3.87. The Labute approximate surface area is 149 Å². The monoisotopic (exact) mass is 344 g/mol. The maximum absolute atomic E-state index is 13.1. The second kappa shape index (κ2) is 7.91. The van der Waals surface area contributed by atoms with Crippen LogP contribution in [0.3, 0.4) is 0 Å². The Morgan fingerprint density at radius 2 is 2.12 bits per heavy atom. The van der Waals surface area contributed by atoms with Crippen molar-refractivity contribution in [3.63, 3.8) is 0 Å². The Bertz CT molecular complexity index is 656. The summed E-state index contributed by atoms with van der Waals surface area (Å²) in [5.41, 5.74) is 7.58. The molecule has 5 nitrogen and oxygen atoms in total. The first kappa shape index (κ1) is 17.8. The molecule has 5 heteroatoms. The number of carbonyl (C=O) groups is 1. The van der Waals surface area contributed by atoms with Gasteiger partial charge in [-0.1, -0.05) is 17.7 Å². The van der Waals surface area contributed by atoms with E-state index in [2.05, 4.69) is 13.0 Å². The van der Waals surface area contributed by atoms with Crippen molar-refractivity contribution >= 4 is 5.91 Å². The molecule has 136 valence electrons. The van der Waals surface area contributed by atoms with E-state index in [4.69, 9.17) is 15.2 Å². The summed E-state index contributed by atoms with van der Waals surface area (Å²) in [5, 5.41) is 0. The van der Waals surface area contributed by atoms with Gasteiger partial charge in [0.2, 0.25) is 0 Å². The highest BCUT2D eigenvalue weighted by Crippen LogP contribution is 2.38. The first-order valence-corrected chi connectivity index (χ1v) is 9.08. The van der Waals surface area contributed by atoms with Gasteiger partial charge >= 0.3 is 0 Å². The lowest BCUT2D eigenvalue weighted by Crippen LogP contribution is -2.29. The molecule has 0 unspecified atom stereocenters. The molecule has 0 bridgehead atoms. The zero-order valence-corrected chi connectivity index (χ0v) is 15.2. The van der Waals surface area contributed by atoms with Gasteiger partial charge in [0.15, 0.2) is 11.5 Å². The van der Waals surface area contributed by atoms with E-state index < -0.39 is 0 Å². The van der Waals surface area contributed by atoms with Crippen molar-refractivity contribution in [2.75, 3.05) is 33.4 Å². The van der Waals surface area contributed by atoms with Crippen molar-refractivity contribution in [1.82, 2.24) is 4.90 Å². The fourth-order valence-electron chi connectivity index (χ4n) is 3.87. The predicted octanol–water partition coefficient (Wildman–Crippen LogP) is 2.85. The van der Waals surface area contributed by atoms with Crippen molar-refractivity contribution < 1.29 is 14.3 Å². The zero-order chi connectivity index (χ0) is 17.8. The number of methoxy groups -OCH3 is 1. The molecule has 0 aromatic heterocycles. The third-order valence-corrected chi connectivity index (χ3v) is 5.24. The summed E-state index contributed by atoms with van der Waals surface area (Å²) >= 11 is 0. The molecule has 1 amide bonds. The van der Waals surface area contributed by atoms with Crippen LogP contribution in [-0.2, 0) is 0 Å². The van der Waals surface area contributed by atoms with Gasteiger partial charge in [-0.3, -0.25) is 4.79 Å². The standard InChI is InChI=1S/C20H28N2O3/c1-14-7-8-15-12-22(13-16(15)11-14)20(23)17-5-3-6-18(24-2)19(17)25-10-4-9-21/h3,5-7,15-16H,4,8-13,21H2,1-2H3/t15-,16+/m1/s1. The van der Waals surface area contributed by atoms with Crippen LogP contribution in [0.25, 0.3) is 0 Å². The molecule has 1 aliphatic carbocycles. The van der Waals surface area contributed by atoms with Crippen molar-refractivity contribution in [3.8, 4) is 11.5 Å². The summed E-state index contributed by atoms with van der Waals surface area (Å²) in [5.74, 6) is 2.33. The molecule has 1 aromatic rings. The van der Waals surface area contributed by atoms with Gasteiger partial charge in [0, 0.05) is 13.1 Å². The summed E-state index contributed by atoms with van der Waals surface area (Å²) in [4.78, 5) is 15.1. The highest BCUT2D eigenvalue weighted by Gasteiger charge is 2.37. The van der Waals surface area contributed by atoms with Gasteiger partial charge in [0.05, 0.1) is 19.3 Å². The van der Waals surface area contributed by atoms with Crippen LogP contribution in [0.1, 0.15) is 36.5 Å². The number of nitrogens with zero attached hydrogens (tertiary/aromatic N) is 1. The van der Waals surface area contributed by atoms with Crippen LogP contribution in [0.2, 0.25) is 0 Å². The van der Waals surface area contributed by atoms with Crippen LogP contribution in [0.15, 0.2) is 29.8 Å². The number of amides is 1. The van der Waals surface area contributed by atoms with E-state index in [0.29, 0.717) is 42.0 Å². The molecular formula is C20H28N2O3. The lowest BCUT2D eigenvalue weighted by molar-refractivity contribution is 0.0779. The lowest BCUT2D eigenvalue weighted by Gasteiger charge is -2.21. The molecule has 1 saturated heterocycles. The number of likely N-dealkylation sites (tertiary alicyclic amines) is 1. The maximum Gasteiger partial charge on any atom is 0.257 e. The summed E-state index contributed by atoms with van der Waals surface area (Å²) in [6.07, 6.45) is 5.25. The molecule has 1 aliphatic heterocycles. The average molecular weight is 344 g/mol. The van der Waals surface area contributed by atoms with Crippen LogP contribution in [0, 0.1) is 11.8 Å². The quantitative estimate of drug-likeness (QED) is 0.637. The lowest BCUT2D eigenvalue weighted by atomic mass is 9.83. The van der Waals surface area contributed by atoms with Gasteiger partial charge in [-0.2, -0.15) is 0 Å².